The van der Waals surface area contributed by atoms with Crippen molar-refractivity contribution in [3.05, 3.63) is 58.1 Å². The third-order valence-electron chi connectivity index (χ3n) is 3.79. The molecule has 0 saturated carbocycles. The first-order valence-corrected chi connectivity index (χ1v) is 7.73. The van der Waals surface area contributed by atoms with Crippen molar-refractivity contribution in [2.75, 3.05) is 0 Å². The number of aromatic nitrogens is 4. The van der Waals surface area contributed by atoms with Gasteiger partial charge < -0.3 is 0 Å². The van der Waals surface area contributed by atoms with Gasteiger partial charge in [-0.05, 0) is 36.5 Å². The van der Waals surface area contributed by atoms with Crippen LogP contribution in [0.2, 0.25) is 0 Å². The number of thiazole rings is 1. The van der Waals surface area contributed by atoms with Crippen LogP contribution < -0.4 is 0 Å². The number of benzene rings is 1. The quantitative estimate of drug-likeness (QED) is 0.742. The van der Waals surface area contributed by atoms with E-state index in [1.54, 1.807) is 17.7 Å². The van der Waals surface area contributed by atoms with Gasteiger partial charge in [0.1, 0.15) is 12.2 Å². The van der Waals surface area contributed by atoms with Gasteiger partial charge in [0.2, 0.25) is 0 Å². The molecule has 1 aliphatic rings. The molecule has 0 atom stereocenters. The number of aryl methyl sites for hydroxylation is 1. The predicted molar refractivity (Wildman–Crippen MR) is 78.3 cm³/mol. The monoisotopic (exact) mass is 282 g/mol. The topological polar surface area (TPSA) is 43.6 Å². The zero-order valence-electron chi connectivity index (χ0n) is 11.0. The fraction of sp³-hybridized carbons (Fsp3) is 0.267. The normalized spacial score (nSPS) is 13.6. The standard InChI is InChI=1S/C15H14N4S/c1-3-11-4-2-6-14(13(11)5-1)19-15(16-9-18-19)7-12-8-20-10-17-12/h2,4,6,8-10H,1,3,5,7H2. The Morgan fingerprint density at radius 1 is 1.20 bits per heavy atom. The Morgan fingerprint density at radius 2 is 2.20 bits per heavy atom. The van der Waals surface area contributed by atoms with Crippen molar-refractivity contribution >= 4 is 11.3 Å². The molecule has 0 saturated heterocycles. The maximum Gasteiger partial charge on any atom is 0.138 e. The second-order valence-electron chi connectivity index (χ2n) is 5.01. The van der Waals surface area contributed by atoms with Crippen LogP contribution in [-0.4, -0.2) is 19.7 Å². The van der Waals surface area contributed by atoms with E-state index in [-0.39, 0.29) is 0 Å². The molecule has 4 rings (SSSR count). The molecule has 0 spiro atoms. The van der Waals surface area contributed by atoms with Crippen molar-refractivity contribution in [2.45, 2.75) is 25.7 Å². The maximum absolute atomic E-state index is 4.43. The van der Waals surface area contributed by atoms with Crippen LogP contribution in [0.5, 0.6) is 0 Å². The van der Waals surface area contributed by atoms with E-state index in [9.17, 15) is 0 Å². The van der Waals surface area contributed by atoms with Crippen molar-refractivity contribution < 1.29 is 0 Å². The highest BCUT2D eigenvalue weighted by Crippen LogP contribution is 2.28. The van der Waals surface area contributed by atoms with Gasteiger partial charge in [-0.15, -0.1) is 11.3 Å². The van der Waals surface area contributed by atoms with E-state index in [1.807, 2.05) is 10.2 Å². The largest absolute Gasteiger partial charge is 0.249 e. The maximum atomic E-state index is 4.43. The van der Waals surface area contributed by atoms with Crippen LogP contribution in [0.3, 0.4) is 0 Å². The molecular formula is C15H14N4S. The SMILES string of the molecule is c1cc2c(c(-n3ncnc3Cc3cscn3)c1)CCC2. The van der Waals surface area contributed by atoms with Gasteiger partial charge in [-0.1, -0.05) is 12.1 Å². The van der Waals surface area contributed by atoms with Crippen molar-refractivity contribution in [3.63, 3.8) is 0 Å². The Balaban J connectivity index is 1.77. The van der Waals surface area contributed by atoms with Crippen LogP contribution in [0.1, 0.15) is 29.1 Å². The smallest absolute Gasteiger partial charge is 0.138 e. The van der Waals surface area contributed by atoms with Crippen LogP contribution in [0.15, 0.2) is 35.4 Å². The van der Waals surface area contributed by atoms with E-state index in [0.717, 1.165) is 24.4 Å². The van der Waals surface area contributed by atoms with Gasteiger partial charge in [0, 0.05) is 5.38 Å². The molecular weight excluding hydrogens is 268 g/mol. The molecule has 3 aromatic rings. The first-order chi connectivity index (χ1) is 9.92. The molecule has 5 heteroatoms. The average Bonchev–Trinajstić information content (AvgIpc) is 3.19. The molecule has 100 valence electrons. The summed E-state index contributed by atoms with van der Waals surface area (Å²) in [5, 5.41) is 6.49. The summed E-state index contributed by atoms with van der Waals surface area (Å²) in [6.07, 6.45) is 5.92. The predicted octanol–water partition coefficient (Wildman–Crippen LogP) is 2.80. The lowest BCUT2D eigenvalue weighted by atomic mass is 10.1. The summed E-state index contributed by atoms with van der Waals surface area (Å²) >= 11 is 1.61. The molecule has 0 amide bonds. The lowest BCUT2D eigenvalue weighted by Gasteiger charge is -2.10. The van der Waals surface area contributed by atoms with Gasteiger partial charge in [-0.3, -0.25) is 0 Å². The molecule has 0 fully saturated rings. The molecule has 0 unspecified atom stereocenters. The van der Waals surface area contributed by atoms with E-state index in [1.165, 1.54) is 29.7 Å². The summed E-state index contributed by atoms with van der Waals surface area (Å²) < 4.78 is 1.98. The van der Waals surface area contributed by atoms with Crippen molar-refractivity contribution in [2.24, 2.45) is 0 Å². The minimum Gasteiger partial charge on any atom is -0.249 e. The molecule has 1 aromatic carbocycles. The number of hydrogen-bond donors (Lipinski definition) is 0. The van der Waals surface area contributed by atoms with Crippen LogP contribution >= 0.6 is 11.3 Å². The number of fused-ring (bicyclic) bond motifs is 1. The highest BCUT2D eigenvalue weighted by atomic mass is 32.1. The van der Waals surface area contributed by atoms with Crippen LogP contribution in [0, 0.1) is 0 Å². The number of hydrogen-bond acceptors (Lipinski definition) is 4. The molecule has 2 aromatic heterocycles. The molecule has 0 N–H and O–H groups in total. The highest BCUT2D eigenvalue weighted by Gasteiger charge is 2.18. The Labute approximate surface area is 121 Å². The van der Waals surface area contributed by atoms with Crippen LogP contribution in [0.25, 0.3) is 5.69 Å². The van der Waals surface area contributed by atoms with E-state index in [2.05, 4.69) is 38.6 Å². The highest BCUT2D eigenvalue weighted by molar-refractivity contribution is 7.07. The Bertz CT molecular complexity index is 730. The third-order valence-corrected chi connectivity index (χ3v) is 4.43. The van der Waals surface area contributed by atoms with E-state index >= 15 is 0 Å². The fourth-order valence-electron chi connectivity index (χ4n) is 2.87. The molecule has 0 aliphatic heterocycles. The molecule has 0 bridgehead atoms. The third kappa shape index (κ3) is 1.94. The summed E-state index contributed by atoms with van der Waals surface area (Å²) in [7, 11) is 0. The summed E-state index contributed by atoms with van der Waals surface area (Å²) in [4.78, 5) is 8.75. The summed E-state index contributed by atoms with van der Waals surface area (Å²) in [6, 6.07) is 6.49. The first kappa shape index (κ1) is 11.8. The summed E-state index contributed by atoms with van der Waals surface area (Å²) in [6.45, 7) is 0. The molecule has 0 radical (unpaired) electrons. The molecule has 1 aliphatic carbocycles. The van der Waals surface area contributed by atoms with Crippen LogP contribution in [-0.2, 0) is 19.3 Å². The lowest BCUT2D eigenvalue weighted by Crippen LogP contribution is -2.07. The number of rotatable bonds is 3. The van der Waals surface area contributed by atoms with Gasteiger partial charge >= 0.3 is 0 Å². The van der Waals surface area contributed by atoms with Crippen molar-refractivity contribution in [1.82, 2.24) is 19.7 Å². The second kappa shape index (κ2) is 4.83. The van der Waals surface area contributed by atoms with Gasteiger partial charge in [0.05, 0.1) is 23.3 Å². The van der Waals surface area contributed by atoms with Crippen LogP contribution in [0.4, 0.5) is 0 Å². The van der Waals surface area contributed by atoms with Crippen molar-refractivity contribution in [1.29, 1.82) is 0 Å². The zero-order chi connectivity index (χ0) is 13.4. The van der Waals surface area contributed by atoms with Gasteiger partial charge in [0.15, 0.2) is 0 Å². The average molecular weight is 282 g/mol. The lowest BCUT2D eigenvalue weighted by molar-refractivity contribution is 0.795. The zero-order valence-corrected chi connectivity index (χ0v) is 11.8. The van der Waals surface area contributed by atoms with Crippen molar-refractivity contribution in [3.8, 4) is 5.69 Å². The fourth-order valence-corrected chi connectivity index (χ4v) is 3.43. The summed E-state index contributed by atoms with van der Waals surface area (Å²) in [5.74, 6) is 0.955. The molecule has 4 nitrogen and oxygen atoms in total. The Kier molecular flexibility index (Phi) is 2.85. The van der Waals surface area contributed by atoms with Gasteiger partial charge in [-0.2, -0.15) is 5.10 Å². The summed E-state index contributed by atoms with van der Waals surface area (Å²) in [5.41, 5.74) is 6.98. The minimum atomic E-state index is 0.729. The first-order valence-electron chi connectivity index (χ1n) is 6.79. The van der Waals surface area contributed by atoms with Gasteiger partial charge in [0.25, 0.3) is 0 Å². The molecule has 2 heterocycles. The van der Waals surface area contributed by atoms with E-state index < -0.39 is 0 Å². The number of nitrogens with zero attached hydrogens (tertiary/aromatic N) is 4. The van der Waals surface area contributed by atoms with E-state index in [0.29, 0.717) is 0 Å². The second-order valence-corrected chi connectivity index (χ2v) is 5.73. The molecule has 20 heavy (non-hydrogen) atoms. The van der Waals surface area contributed by atoms with Gasteiger partial charge in [-0.25, -0.2) is 14.6 Å². The Hall–Kier alpha value is -2.01. The minimum absolute atomic E-state index is 0.729. The van der Waals surface area contributed by atoms with E-state index in [4.69, 9.17) is 0 Å². The Morgan fingerprint density at radius 3 is 3.10 bits per heavy atom.